The quantitative estimate of drug-likeness (QED) is 0.364. The van der Waals surface area contributed by atoms with Crippen LogP contribution in [0.3, 0.4) is 0 Å². The number of anilines is 2. The lowest BCUT2D eigenvalue weighted by molar-refractivity contribution is -0.137. The van der Waals surface area contributed by atoms with Crippen LogP contribution in [0.2, 0.25) is 0 Å². The highest BCUT2D eigenvalue weighted by molar-refractivity contribution is 6.04. The highest BCUT2D eigenvalue weighted by Gasteiger charge is 2.30. The zero-order valence-electron chi connectivity index (χ0n) is 18.0. The van der Waals surface area contributed by atoms with Gasteiger partial charge in [-0.2, -0.15) is 18.2 Å². The van der Waals surface area contributed by atoms with Crippen molar-refractivity contribution in [3.63, 3.8) is 0 Å². The van der Waals surface area contributed by atoms with Gasteiger partial charge < -0.3 is 15.4 Å². The second-order valence-corrected chi connectivity index (χ2v) is 7.02. The summed E-state index contributed by atoms with van der Waals surface area (Å²) in [6.07, 6.45) is -1.82. The van der Waals surface area contributed by atoms with Crippen LogP contribution in [0.4, 0.5) is 29.2 Å². The van der Waals surface area contributed by atoms with Crippen LogP contribution < -0.4 is 15.4 Å². The highest BCUT2D eigenvalue weighted by atomic mass is 19.4. The lowest BCUT2D eigenvalue weighted by Gasteiger charge is -2.12. The van der Waals surface area contributed by atoms with Crippen LogP contribution in [-0.4, -0.2) is 32.9 Å². The van der Waals surface area contributed by atoms with Gasteiger partial charge in [0.25, 0.3) is 5.91 Å². The third-order valence-corrected chi connectivity index (χ3v) is 4.65. The van der Waals surface area contributed by atoms with E-state index in [4.69, 9.17) is 4.74 Å². The fraction of sp³-hybridized carbons (Fsp3) is 0.0870. The Balaban J connectivity index is 1.60. The van der Waals surface area contributed by atoms with Crippen molar-refractivity contribution in [2.45, 2.75) is 6.18 Å². The first-order valence-electron chi connectivity index (χ1n) is 10.0. The van der Waals surface area contributed by atoms with E-state index in [2.05, 4.69) is 30.6 Å². The lowest BCUT2D eigenvalue weighted by atomic mass is 10.1. The number of hydrogen-bond acceptors (Lipinski definition) is 7. The number of benzene rings is 2. The van der Waals surface area contributed by atoms with Gasteiger partial charge in [-0.05, 0) is 48.5 Å². The second kappa shape index (κ2) is 9.71. The summed E-state index contributed by atoms with van der Waals surface area (Å²) in [5, 5.41) is 5.06. The minimum Gasteiger partial charge on any atom is -0.438 e. The average Bonchev–Trinajstić information content (AvgIpc) is 2.85. The van der Waals surface area contributed by atoms with Crippen LogP contribution in [0.15, 0.2) is 67.1 Å². The molecule has 35 heavy (non-hydrogen) atoms. The van der Waals surface area contributed by atoms with Crippen LogP contribution in [0.1, 0.15) is 15.9 Å². The predicted octanol–water partition coefficient (Wildman–Crippen LogP) is 5.18. The van der Waals surface area contributed by atoms with Crippen LogP contribution >= 0.6 is 0 Å². The zero-order chi connectivity index (χ0) is 25.0. The maximum Gasteiger partial charge on any atom is 0.416 e. The van der Waals surface area contributed by atoms with Gasteiger partial charge in [0.05, 0.1) is 16.7 Å². The summed E-state index contributed by atoms with van der Waals surface area (Å²) in [7, 11) is 1.64. The van der Waals surface area contributed by atoms with Crippen molar-refractivity contribution in [1.29, 1.82) is 0 Å². The lowest BCUT2D eigenvalue weighted by Crippen LogP contribution is -2.15. The molecule has 2 aromatic heterocycles. The highest BCUT2D eigenvalue weighted by Crippen LogP contribution is 2.32. The number of nitrogens with one attached hydrogen (secondary N) is 2. The van der Waals surface area contributed by atoms with Crippen molar-refractivity contribution in [3.8, 4) is 23.0 Å². The van der Waals surface area contributed by atoms with Gasteiger partial charge in [-0.15, -0.1) is 0 Å². The van der Waals surface area contributed by atoms with Crippen LogP contribution in [-0.2, 0) is 6.18 Å². The maximum atomic E-state index is 14.4. The molecule has 0 spiro atoms. The van der Waals surface area contributed by atoms with Gasteiger partial charge in [-0.3, -0.25) is 4.79 Å². The van der Waals surface area contributed by atoms with Crippen molar-refractivity contribution < 1.29 is 27.1 Å². The van der Waals surface area contributed by atoms with Crippen LogP contribution in [0.5, 0.6) is 11.6 Å². The molecule has 0 aliphatic rings. The van der Waals surface area contributed by atoms with E-state index < -0.39 is 29.0 Å². The number of rotatable bonds is 6. The van der Waals surface area contributed by atoms with E-state index >= 15 is 0 Å². The minimum atomic E-state index is -4.59. The number of ether oxygens (including phenoxy) is 1. The summed E-state index contributed by atoms with van der Waals surface area (Å²) in [4.78, 5) is 29.1. The van der Waals surface area contributed by atoms with E-state index in [-0.39, 0.29) is 23.1 Å². The summed E-state index contributed by atoms with van der Waals surface area (Å²) in [5.41, 5.74) is -1.12. The smallest absolute Gasteiger partial charge is 0.416 e. The molecule has 0 radical (unpaired) electrons. The Morgan fingerprint density at radius 3 is 2.60 bits per heavy atom. The first kappa shape index (κ1) is 23.5. The Kier molecular flexibility index (Phi) is 6.53. The summed E-state index contributed by atoms with van der Waals surface area (Å²) in [5.74, 6) is -1.12. The van der Waals surface area contributed by atoms with Crippen molar-refractivity contribution >= 4 is 17.5 Å². The summed E-state index contributed by atoms with van der Waals surface area (Å²) in [6.45, 7) is 0. The standard InChI is InChI=1S/C23H16F4N6O2/c1-28-22-31-12-30-19(33-22)16-6-3-9-29-21(16)35-15-7-8-18(24)17(11-15)20(34)32-14-5-2-4-13(10-14)23(25,26)27/h2-12H,1H3,(H,32,34)(H,28,30,31,33). The Morgan fingerprint density at radius 1 is 1.00 bits per heavy atom. The van der Waals surface area contributed by atoms with Gasteiger partial charge in [0.2, 0.25) is 11.8 Å². The predicted molar refractivity (Wildman–Crippen MR) is 118 cm³/mol. The molecule has 2 aromatic carbocycles. The summed E-state index contributed by atoms with van der Waals surface area (Å²) < 4.78 is 59.0. The Hall–Kier alpha value is -4.61. The summed E-state index contributed by atoms with van der Waals surface area (Å²) in [6, 6.07) is 10.7. The fourth-order valence-corrected chi connectivity index (χ4v) is 3.01. The zero-order valence-corrected chi connectivity index (χ0v) is 18.0. The molecule has 0 saturated heterocycles. The normalized spacial score (nSPS) is 11.1. The van der Waals surface area contributed by atoms with Crippen molar-refractivity contribution in [3.05, 3.63) is 84.1 Å². The number of carbonyl (C=O) groups is 1. The molecule has 0 unspecified atom stereocenters. The van der Waals surface area contributed by atoms with Crippen LogP contribution in [0, 0.1) is 5.82 Å². The number of alkyl halides is 3. The van der Waals surface area contributed by atoms with E-state index in [0.29, 0.717) is 11.5 Å². The number of pyridine rings is 1. The second-order valence-electron chi connectivity index (χ2n) is 7.02. The Morgan fingerprint density at radius 2 is 1.83 bits per heavy atom. The number of hydrogen-bond donors (Lipinski definition) is 2. The van der Waals surface area contributed by atoms with E-state index in [1.807, 2.05) is 0 Å². The topological polar surface area (TPSA) is 102 Å². The van der Waals surface area contributed by atoms with E-state index in [0.717, 1.165) is 30.3 Å². The maximum absolute atomic E-state index is 14.4. The van der Waals surface area contributed by atoms with Crippen molar-refractivity contribution in [2.75, 3.05) is 17.7 Å². The van der Waals surface area contributed by atoms with Gasteiger partial charge in [0.1, 0.15) is 17.9 Å². The van der Waals surface area contributed by atoms with Gasteiger partial charge in [0, 0.05) is 18.9 Å². The van der Waals surface area contributed by atoms with E-state index in [1.165, 1.54) is 24.7 Å². The third-order valence-electron chi connectivity index (χ3n) is 4.65. The molecule has 0 bridgehead atoms. The number of nitrogens with zero attached hydrogens (tertiary/aromatic N) is 4. The van der Waals surface area contributed by atoms with Gasteiger partial charge in [-0.1, -0.05) is 6.07 Å². The van der Waals surface area contributed by atoms with Crippen LogP contribution in [0.25, 0.3) is 11.4 Å². The molecule has 2 heterocycles. The molecule has 0 aliphatic heterocycles. The molecule has 12 heteroatoms. The molecule has 0 atom stereocenters. The molecule has 1 amide bonds. The van der Waals surface area contributed by atoms with Gasteiger partial charge in [-0.25, -0.2) is 19.3 Å². The first-order valence-corrected chi connectivity index (χ1v) is 10.0. The van der Waals surface area contributed by atoms with Gasteiger partial charge in [0.15, 0.2) is 5.82 Å². The molecular formula is C23H16F4N6O2. The number of aromatic nitrogens is 4. The third kappa shape index (κ3) is 5.49. The monoisotopic (exact) mass is 484 g/mol. The molecule has 0 saturated carbocycles. The van der Waals surface area contributed by atoms with E-state index in [9.17, 15) is 22.4 Å². The molecule has 4 aromatic rings. The number of amides is 1. The SMILES string of the molecule is CNc1ncnc(-c2cccnc2Oc2ccc(F)c(C(=O)Nc3cccc(C(F)(F)F)c3)c2)n1. The number of carbonyl (C=O) groups excluding carboxylic acids is 1. The molecule has 0 aliphatic carbocycles. The summed E-state index contributed by atoms with van der Waals surface area (Å²) >= 11 is 0. The van der Waals surface area contributed by atoms with E-state index in [1.54, 1.807) is 19.2 Å². The number of halogens is 4. The minimum absolute atomic E-state index is 0.0587. The van der Waals surface area contributed by atoms with Crippen molar-refractivity contribution in [1.82, 2.24) is 19.9 Å². The largest absolute Gasteiger partial charge is 0.438 e. The molecule has 178 valence electrons. The Labute approximate surface area is 196 Å². The molecule has 0 fully saturated rings. The molecule has 2 N–H and O–H groups in total. The van der Waals surface area contributed by atoms with Crippen molar-refractivity contribution in [2.24, 2.45) is 0 Å². The molecule has 8 nitrogen and oxygen atoms in total. The molecule has 4 rings (SSSR count). The van der Waals surface area contributed by atoms with Gasteiger partial charge >= 0.3 is 6.18 Å². The average molecular weight is 484 g/mol. The molecular weight excluding hydrogens is 468 g/mol. The fourth-order valence-electron chi connectivity index (χ4n) is 3.01. The Bertz CT molecular complexity index is 1380. The first-order chi connectivity index (χ1) is 16.7.